The Bertz CT molecular complexity index is 1500. The summed E-state index contributed by atoms with van der Waals surface area (Å²) in [6.45, 7) is 9.54. The Balaban J connectivity index is 1.54. The molecule has 1 aliphatic rings. The minimum Gasteiger partial charge on any atom is -0.465 e. The van der Waals surface area contributed by atoms with E-state index in [0.29, 0.717) is 28.0 Å². The molecule has 0 spiro atoms. The first-order chi connectivity index (χ1) is 18.6. The Morgan fingerprint density at radius 2 is 1.54 bits per heavy atom. The molecule has 1 fully saturated rings. The molecule has 0 atom stereocenters. The third kappa shape index (κ3) is 5.63. The molecular weight excluding hydrogens is 494 g/mol. The van der Waals surface area contributed by atoms with Crippen LogP contribution in [0.3, 0.4) is 0 Å². The fourth-order valence-electron chi connectivity index (χ4n) is 4.60. The summed E-state index contributed by atoms with van der Waals surface area (Å²) in [5.41, 5.74) is 5.02. The van der Waals surface area contributed by atoms with Gasteiger partial charge in [-0.25, -0.2) is 24.1 Å². The van der Waals surface area contributed by atoms with Gasteiger partial charge >= 0.3 is 12.1 Å². The van der Waals surface area contributed by atoms with Crippen LogP contribution < -0.4 is 4.90 Å². The van der Waals surface area contributed by atoms with E-state index in [1.807, 2.05) is 20.8 Å². The molecule has 0 aliphatic carbocycles. The fraction of sp³-hybridized carbons (Fsp3) is 0.333. The van der Waals surface area contributed by atoms with Gasteiger partial charge in [0, 0.05) is 49.2 Å². The Morgan fingerprint density at radius 3 is 2.15 bits per heavy atom. The van der Waals surface area contributed by atoms with Gasteiger partial charge in [0.2, 0.25) is 0 Å². The SMILES string of the molecule is COC(=O)c1ccc(-c2cn(C(=O)OC(C)(C)C)c3ncc(-c4ccc(N5CCN(C)CC5)cc4)nc23)cc1. The number of piperazine rings is 1. The van der Waals surface area contributed by atoms with Crippen LogP contribution in [0.1, 0.15) is 31.1 Å². The summed E-state index contributed by atoms with van der Waals surface area (Å²) in [7, 11) is 3.49. The quantitative estimate of drug-likeness (QED) is 0.339. The molecule has 0 unspecified atom stereocenters. The van der Waals surface area contributed by atoms with E-state index in [0.717, 1.165) is 37.3 Å². The predicted molar refractivity (Wildman–Crippen MR) is 151 cm³/mol. The summed E-state index contributed by atoms with van der Waals surface area (Å²) >= 11 is 0. The highest BCUT2D eigenvalue weighted by Gasteiger charge is 2.23. The molecule has 1 aliphatic heterocycles. The number of ether oxygens (including phenoxy) is 2. The van der Waals surface area contributed by atoms with Gasteiger partial charge in [-0.15, -0.1) is 0 Å². The first-order valence-electron chi connectivity index (χ1n) is 13.0. The zero-order valence-corrected chi connectivity index (χ0v) is 23.0. The third-order valence-electron chi connectivity index (χ3n) is 6.73. The number of carbonyl (C=O) groups excluding carboxylic acids is 2. The van der Waals surface area contributed by atoms with Crippen LogP contribution in [0.15, 0.2) is 60.9 Å². The maximum absolute atomic E-state index is 13.1. The highest BCUT2D eigenvalue weighted by molar-refractivity contribution is 5.98. The normalized spacial score (nSPS) is 14.4. The molecule has 1 saturated heterocycles. The lowest BCUT2D eigenvalue weighted by Crippen LogP contribution is -2.44. The Hall–Kier alpha value is -4.24. The average molecular weight is 528 g/mol. The van der Waals surface area contributed by atoms with Crippen LogP contribution in [0.5, 0.6) is 0 Å². The fourth-order valence-corrected chi connectivity index (χ4v) is 4.60. The van der Waals surface area contributed by atoms with Gasteiger partial charge in [-0.1, -0.05) is 24.3 Å². The van der Waals surface area contributed by atoms with Gasteiger partial charge in [0.1, 0.15) is 11.1 Å². The van der Waals surface area contributed by atoms with Crippen LogP contribution in [0, 0.1) is 0 Å². The minimum absolute atomic E-state index is 0.397. The average Bonchev–Trinajstić information content (AvgIpc) is 3.31. The topological polar surface area (TPSA) is 89.8 Å². The maximum atomic E-state index is 13.1. The highest BCUT2D eigenvalue weighted by Crippen LogP contribution is 2.32. The van der Waals surface area contributed by atoms with E-state index in [9.17, 15) is 9.59 Å². The molecule has 0 radical (unpaired) electrons. The van der Waals surface area contributed by atoms with Crippen LogP contribution in [-0.4, -0.2) is 77.4 Å². The van der Waals surface area contributed by atoms with E-state index in [4.69, 9.17) is 14.5 Å². The maximum Gasteiger partial charge on any atom is 0.420 e. The molecule has 202 valence electrons. The highest BCUT2D eigenvalue weighted by atomic mass is 16.6. The lowest BCUT2D eigenvalue weighted by molar-refractivity contribution is 0.0542. The van der Waals surface area contributed by atoms with Crippen molar-refractivity contribution in [1.29, 1.82) is 0 Å². The zero-order chi connectivity index (χ0) is 27.7. The van der Waals surface area contributed by atoms with Gasteiger partial charge in [0.15, 0.2) is 5.65 Å². The Labute approximate surface area is 228 Å². The second kappa shape index (κ2) is 10.5. The summed E-state index contributed by atoms with van der Waals surface area (Å²) < 4.78 is 11.8. The standard InChI is InChI=1S/C30H33N5O4/c1-30(2,3)39-29(37)35-19-24(20-6-8-22(9-7-20)28(36)38-5)26-27(35)31-18-25(32-26)21-10-12-23(13-11-21)34-16-14-33(4)15-17-34/h6-13,18-19H,14-17H2,1-5H3. The van der Waals surface area contributed by atoms with Gasteiger partial charge in [-0.3, -0.25) is 0 Å². The molecule has 0 saturated carbocycles. The lowest BCUT2D eigenvalue weighted by Gasteiger charge is -2.34. The van der Waals surface area contributed by atoms with Gasteiger partial charge in [-0.05, 0) is 57.6 Å². The molecule has 5 rings (SSSR count). The van der Waals surface area contributed by atoms with Crippen molar-refractivity contribution in [3.05, 3.63) is 66.5 Å². The van der Waals surface area contributed by atoms with Gasteiger partial charge in [0.25, 0.3) is 0 Å². The first-order valence-corrected chi connectivity index (χ1v) is 13.0. The van der Waals surface area contributed by atoms with E-state index in [-0.39, 0.29) is 0 Å². The molecule has 39 heavy (non-hydrogen) atoms. The Kier molecular flexibility index (Phi) is 7.10. The number of hydrogen-bond acceptors (Lipinski definition) is 8. The summed E-state index contributed by atoms with van der Waals surface area (Å²) in [6.07, 6.45) is 2.83. The third-order valence-corrected chi connectivity index (χ3v) is 6.73. The smallest absolute Gasteiger partial charge is 0.420 e. The molecule has 2 aromatic heterocycles. The number of carbonyl (C=O) groups is 2. The van der Waals surface area contributed by atoms with E-state index >= 15 is 0 Å². The number of esters is 1. The van der Waals surface area contributed by atoms with Crippen molar-refractivity contribution in [3.63, 3.8) is 0 Å². The van der Waals surface area contributed by atoms with Crippen molar-refractivity contribution in [1.82, 2.24) is 19.4 Å². The number of fused-ring (bicyclic) bond motifs is 1. The molecule has 0 N–H and O–H groups in total. The van der Waals surface area contributed by atoms with Crippen molar-refractivity contribution >= 4 is 28.9 Å². The molecular formula is C30H33N5O4. The first kappa shape index (κ1) is 26.4. The molecule has 9 nitrogen and oxygen atoms in total. The van der Waals surface area contributed by atoms with Crippen molar-refractivity contribution in [3.8, 4) is 22.4 Å². The summed E-state index contributed by atoms with van der Waals surface area (Å²) in [6, 6.07) is 15.3. The van der Waals surface area contributed by atoms with Crippen LogP contribution in [0.4, 0.5) is 10.5 Å². The number of benzene rings is 2. The van der Waals surface area contributed by atoms with E-state index in [1.54, 1.807) is 36.7 Å². The molecule has 4 aromatic rings. The molecule has 3 heterocycles. The molecule has 0 bridgehead atoms. The van der Waals surface area contributed by atoms with Crippen molar-refractivity contribution in [2.75, 3.05) is 45.2 Å². The van der Waals surface area contributed by atoms with E-state index < -0.39 is 17.7 Å². The number of hydrogen-bond donors (Lipinski definition) is 0. The van der Waals surface area contributed by atoms with Gasteiger partial charge in [0.05, 0.1) is 24.6 Å². The van der Waals surface area contributed by atoms with E-state index in [1.165, 1.54) is 17.4 Å². The minimum atomic E-state index is -0.672. The molecule has 2 aromatic carbocycles. The van der Waals surface area contributed by atoms with Crippen LogP contribution in [-0.2, 0) is 9.47 Å². The number of likely N-dealkylation sites (N-methyl/N-ethyl adjacent to an activating group) is 1. The number of methoxy groups -OCH3 is 1. The second-order valence-electron chi connectivity index (χ2n) is 10.7. The monoisotopic (exact) mass is 527 g/mol. The van der Waals surface area contributed by atoms with Crippen LogP contribution in [0.25, 0.3) is 33.5 Å². The van der Waals surface area contributed by atoms with Crippen molar-refractivity contribution in [2.45, 2.75) is 26.4 Å². The van der Waals surface area contributed by atoms with Crippen LogP contribution in [0.2, 0.25) is 0 Å². The summed E-state index contributed by atoms with van der Waals surface area (Å²) in [5.74, 6) is -0.417. The Morgan fingerprint density at radius 1 is 0.897 bits per heavy atom. The van der Waals surface area contributed by atoms with Crippen LogP contribution >= 0.6 is 0 Å². The predicted octanol–water partition coefficient (Wildman–Crippen LogP) is 5.09. The number of nitrogens with zero attached hydrogens (tertiary/aromatic N) is 5. The lowest BCUT2D eigenvalue weighted by atomic mass is 10.1. The van der Waals surface area contributed by atoms with Crippen molar-refractivity contribution in [2.24, 2.45) is 0 Å². The van der Waals surface area contributed by atoms with Gasteiger partial charge < -0.3 is 19.3 Å². The number of aromatic nitrogens is 3. The number of anilines is 1. The second-order valence-corrected chi connectivity index (χ2v) is 10.7. The molecule has 0 amide bonds. The molecule has 9 heteroatoms. The zero-order valence-electron chi connectivity index (χ0n) is 23.0. The van der Waals surface area contributed by atoms with Crippen molar-refractivity contribution < 1.29 is 19.1 Å². The van der Waals surface area contributed by atoms with E-state index in [2.05, 4.69) is 46.1 Å². The summed E-state index contributed by atoms with van der Waals surface area (Å²) in [5, 5.41) is 0. The summed E-state index contributed by atoms with van der Waals surface area (Å²) in [4.78, 5) is 39.3. The van der Waals surface area contributed by atoms with Gasteiger partial charge in [-0.2, -0.15) is 0 Å². The largest absolute Gasteiger partial charge is 0.465 e. The number of rotatable bonds is 4.